The SMILES string of the molecule is CCCN(Cc1cccc(C(F)(F)F)c1)c1ccc(OC)cc1. The van der Waals surface area contributed by atoms with Gasteiger partial charge < -0.3 is 9.64 Å². The average Bonchev–Trinajstić information content (AvgIpc) is 2.54. The minimum atomic E-state index is -4.31. The zero-order valence-corrected chi connectivity index (χ0v) is 13.2. The lowest BCUT2D eigenvalue weighted by atomic mass is 10.1. The Hall–Kier alpha value is -2.17. The van der Waals surface area contributed by atoms with Gasteiger partial charge in [0, 0.05) is 18.8 Å². The summed E-state index contributed by atoms with van der Waals surface area (Å²) < 4.78 is 43.6. The van der Waals surface area contributed by atoms with Crippen molar-refractivity contribution in [2.24, 2.45) is 0 Å². The molecule has 2 aromatic rings. The highest BCUT2D eigenvalue weighted by Gasteiger charge is 2.30. The number of nitrogens with zero attached hydrogens (tertiary/aromatic N) is 1. The van der Waals surface area contributed by atoms with Crippen molar-refractivity contribution < 1.29 is 17.9 Å². The van der Waals surface area contributed by atoms with Crippen molar-refractivity contribution in [3.8, 4) is 5.75 Å². The third-order valence-electron chi connectivity index (χ3n) is 3.56. The van der Waals surface area contributed by atoms with E-state index >= 15 is 0 Å². The summed E-state index contributed by atoms with van der Waals surface area (Å²) in [5.74, 6) is 0.754. The van der Waals surface area contributed by atoms with E-state index in [0.29, 0.717) is 12.1 Å². The summed E-state index contributed by atoms with van der Waals surface area (Å²) in [5.41, 5.74) is 0.996. The molecule has 0 aromatic heterocycles. The molecule has 0 heterocycles. The predicted molar refractivity (Wildman–Crippen MR) is 85.8 cm³/mol. The second kappa shape index (κ2) is 7.40. The van der Waals surface area contributed by atoms with E-state index in [4.69, 9.17) is 4.74 Å². The van der Waals surface area contributed by atoms with Gasteiger partial charge in [0.25, 0.3) is 0 Å². The van der Waals surface area contributed by atoms with Crippen LogP contribution in [0.25, 0.3) is 0 Å². The highest BCUT2D eigenvalue weighted by atomic mass is 19.4. The maximum Gasteiger partial charge on any atom is 0.416 e. The Labute approximate surface area is 134 Å². The topological polar surface area (TPSA) is 12.5 Å². The molecule has 0 spiro atoms. The van der Waals surface area contributed by atoms with E-state index in [1.165, 1.54) is 12.1 Å². The van der Waals surface area contributed by atoms with Gasteiger partial charge in [-0.25, -0.2) is 0 Å². The van der Waals surface area contributed by atoms with E-state index in [1.54, 1.807) is 13.2 Å². The van der Waals surface area contributed by atoms with Gasteiger partial charge >= 0.3 is 6.18 Å². The van der Waals surface area contributed by atoms with Crippen molar-refractivity contribution in [1.82, 2.24) is 0 Å². The van der Waals surface area contributed by atoms with Crippen molar-refractivity contribution in [2.45, 2.75) is 26.1 Å². The van der Waals surface area contributed by atoms with Crippen LogP contribution in [0.2, 0.25) is 0 Å². The number of halogens is 3. The summed E-state index contributed by atoms with van der Waals surface area (Å²) in [4.78, 5) is 2.06. The number of hydrogen-bond acceptors (Lipinski definition) is 2. The van der Waals surface area contributed by atoms with Crippen LogP contribution in [0.3, 0.4) is 0 Å². The minimum Gasteiger partial charge on any atom is -0.497 e. The fraction of sp³-hybridized carbons (Fsp3) is 0.333. The fourth-order valence-electron chi connectivity index (χ4n) is 2.43. The van der Waals surface area contributed by atoms with Crippen LogP contribution in [-0.4, -0.2) is 13.7 Å². The molecule has 0 fully saturated rings. The lowest BCUT2D eigenvalue weighted by molar-refractivity contribution is -0.137. The first kappa shape index (κ1) is 17.2. The Morgan fingerprint density at radius 3 is 2.30 bits per heavy atom. The van der Waals surface area contributed by atoms with Crippen LogP contribution in [0, 0.1) is 0 Å². The Kier molecular flexibility index (Phi) is 5.53. The lowest BCUT2D eigenvalue weighted by Gasteiger charge is -2.25. The Bertz CT molecular complexity index is 623. The van der Waals surface area contributed by atoms with Crippen LogP contribution in [-0.2, 0) is 12.7 Å². The summed E-state index contributed by atoms with van der Waals surface area (Å²) in [7, 11) is 1.60. The van der Waals surface area contributed by atoms with E-state index < -0.39 is 11.7 Å². The normalized spacial score (nSPS) is 11.3. The molecule has 0 aliphatic carbocycles. The first-order valence-corrected chi connectivity index (χ1v) is 7.49. The first-order valence-electron chi connectivity index (χ1n) is 7.49. The van der Waals surface area contributed by atoms with Gasteiger partial charge in [-0.1, -0.05) is 19.1 Å². The third-order valence-corrected chi connectivity index (χ3v) is 3.56. The highest BCUT2D eigenvalue weighted by Crippen LogP contribution is 2.30. The number of ether oxygens (including phenoxy) is 1. The molecule has 2 nitrogen and oxygen atoms in total. The average molecular weight is 323 g/mol. The zero-order chi connectivity index (χ0) is 16.9. The van der Waals surface area contributed by atoms with Gasteiger partial charge in [0.05, 0.1) is 12.7 Å². The number of rotatable bonds is 6. The molecule has 0 saturated carbocycles. The molecule has 0 N–H and O–H groups in total. The fourth-order valence-corrected chi connectivity index (χ4v) is 2.43. The molecule has 124 valence electrons. The molecule has 0 radical (unpaired) electrons. The van der Waals surface area contributed by atoms with Crippen molar-refractivity contribution in [2.75, 3.05) is 18.6 Å². The van der Waals surface area contributed by atoms with Crippen LogP contribution in [0.15, 0.2) is 48.5 Å². The highest BCUT2D eigenvalue weighted by molar-refractivity contribution is 5.49. The monoisotopic (exact) mass is 323 g/mol. The standard InChI is InChI=1S/C18H20F3NO/c1-3-11-22(16-7-9-17(23-2)10-8-16)13-14-5-4-6-15(12-14)18(19,20)21/h4-10,12H,3,11,13H2,1-2H3. The molecule has 0 atom stereocenters. The molecular formula is C18H20F3NO. The van der Waals surface area contributed by atoms with Gasteiger partial charge in [0.15, 0.2) is 0 Å². The molecule has 0 saturated heterocycles. The van der Waals surface area contributed by atoms with Crippen LogP contribution in [0.4, 0.5) is 18.9 Å². The van der Waals surface area contributed by atoms with E-state index in [-0.39, 0.29) is 0 Å². The largest absolute Gasteiger partial charge is 0.497 e. The molecule has 5 heteroatoms. The van der Waals surface area contributed by atoms with Crippen LogP contribution in [0.1, 0.15) is 24.5 Å². The number of alkyl halides is 3. The molecule has 23 heavy (non-hydrogen) atoms. The smallest absolute Gasteiger partial charge is 0.416 e. The lowest BCUT2D eigenvalue weighted by Crippen LogP contribution is -2.23. The molecular weight excluding hydrogens is 303 g/mol. The van der Waals surface area contributed by atoms with Crippen molar-refractivity contribution in [1.29, 1.82) is 0 Å². The molecule has 0 aliphatic heterocycles. The molecule has 0 aliphatic rings. The summed E-state index contributed by atoms with van der Waals surface area (Å²) >= 11 is 0. The Balaban J connectivity index is 2.22. The summed E-state index contributed by atoms with van der Waals surface area (Å²) in [6.07, 6.45) is -3.41. The Morgan fingerprint density at radius 2 is 1.74 bits per heavy atom. The molecule has 2 rings (SSSR count). The zero-order valence-electron chi connectivity index (χ0n) is 13.2. The summed E-state index contributed by atoms with van der Waals surface area (Å²) in [6, 6.07) is 13.0. The summed E-state index contributed by atoms with van der Waals surface area (Å²) in [5, 5.41) is 0. The predicted octanol–water partition coefficient (Wildman–Crippen LogP) is 5.13. The van der Waals surface area contributed by atoms with E-state index in [0.717, 1.165) is 30.5 Å². The van der Waals surface area contributed by atoms with E-state index in [9.17, 15) is 13.2 Å². The van der Waals surface area contributed by atoms with Gasteiger partial charge in [-0.05, 0) is 48.4 Å². The molecule has 0 bridgehead atoms. The third kappa shape index (κ3) is 4.65. The van der Waals surface area contributed by atoms with E-state index in [2.05, 4.69) is 4.90 Å². The van der Waals surface area contributed by atoms with Crippen molar-refractivity contribution >= 4 is 5.69 Å². The van der Waals surface area contributed by atoms with Gasteiger partial charge in [0.2, 0.25) is 0 Å². The minimum absolute atomic E-state index is 0.435. The first-order chi connectivity index (χ1) is 10.9. The van der Waals surface area contributed by atoms with Gasteiger partial charge in [-0.2, -0.15) is 13.2 Å². The number of methoxy groups -OCH3 is 1. The van der Waals surface area contributed by atoms with Gasteiger partial charge in [-0.3, -0.25) is 0 Å². The van der Waals surface area contributed by atoms with Crippen LogP contribution < -0.4 is 9.64 Å². The molecule has 2 aromatic carbocycles. The number of anilines is 1. The van der Waals surface area contributed by atoms with Gasteiger partial charge in [0.1, 0.15) is 5.75 Å². The quantitative estimate of drug-likeness (QED) is 0.730. The second-order valence-corrected chi connectivity index (χ2v) is 5.32. The second-order valence-electron chi connectivity index (χ2n) is 5.32. The van der Waals surface area contributed by atoms with Crippen molar-refractivity contribution in [3.63, 3.8) is 0 Å². The maximum atomic E-state index is 12.8. The molecule has 0 unspecified atom stereocenters. The summed E-state index contributed by atoms with van der Waals surface area (Å²) in [6.45, 7) is 3.25. The molecule has 0 amide bonds. The van der Waals surface area contributed by atoms with E-state index in [1.807, 2.05) is 31.2 Å². The Morgan fingerprint density at radius 1 is 1.04 bits per heavy atom. The van der Waals surface area contributed by atoms with Crippen LogP contribution in [0.5, 0.6) is 5.75 Å². The maximum absolute atomic E-state index is 12.8. The van der Waals surface area contributed by atoms with Gasteiger partial charge in [-0.15, -0.1) is 0 Å². The number of hydrogen-bond donors (Lipinski definition) is 0. The van der Waals surface area contributed by atoms with Crippen molar-refractivity contribution in [3.05, 3.63) is 59.7 Å². The number of benzene rings is 2. The van der Waals surface area contributed by atoms with Crippen LogP contribution >= 0.6 is 0 Å².